The highest BCUT2D eigenvalue weighted by Crippen LogP contribution is 2.21. The van der Waals surface area contributed by atoms with Gasteiger partial charge in [-0.2, -0.15) is 0 Å². The number of nitrogens with two attached hydrogens (primary N) is 1. The Morgan fingerprint density at radius 1 is 1.29 bits per heavy atom. The Morgan fingerprint density at radius 3 is 2.41 bits per heavy atom. The van der Waals surface area contributed by atoms with Crippen LogP contribution in [-0.2, 0) is 4.79 Å². The highest BCUT2D eigenvalue weighted by Gasteiger charge is 2.29. The van der Waals surface area contributed by atoms with E-state index in [9.17, 15) is 4.79 Å². The first kappa shape index (κ1) is 14.5. The van der Waals surface area contributed by atoms with E-state index >= 15 is 0 Å². The zero-order valence-electron chi connectivity index (χ0n) is 11.6. The van der Waals surface area contributed by atoms with Crippen LogP contribution in [0.1, 0.15) is 39.5 Å². The molecule has 4 nitrogen and oxygen atoms in total. The average Bonchev–Trinajstić information content (AvgIpc) is 2.28. The van der Waals surface area contributed by atoms with Gasteiger partial charge in [0.15, 0.2) is 0 Å². The minimum Gasteiger partial charge on any atom is -0.350 e. The molecule has 0 unspecified atom stereocenters. The summed E-state index contributed by atoms with van der Waals surface area (Å²) in [6.07, 6.45) is 4.69. The molecule has 0 aliphatic heterocycles. The fourth-order valence-electron chi connectivity index (χ4n) is 2.48. The fourth-order valence-corrected chi connectivity index (χ4v) is 2.48. The molecule has 1 fully saturated rings. The largest absolute Gasteiger partial charge is 0.350 e. The SMILES string of the molecule is CC(C)[C@H](N)C(=O)N[C@H]1CCCC[C@H]1N(C)C. The van der Waals surface area contributed by atoms with E-state index < -0.39 is 0 Å². The number of nitrogens with zero attached hydrogens (tertiary/aromatic N) is 1. The molecule has 1 rings (SSSR count). The first-order chi connectivity index (χ1) is 7.93. The van der Waals surface area contributed by atoms with E-state index in [1.807, 2.05) is 13.8 Å². The second kappa shape index (κ2) is 6.36. The van der Waals surface area contributed by atoms with E-state index in [1.165, 1.54) is 12.8 Å². The van der Waals surface area contributed by atoms with E-state index in [-0.39, 0.29) is 23.9 Å². The second-order valence-electron chi connectivity index (χ2n) is 5.70. The van der Waals surface area contributed by atoms with E-state index in [4.69, 9.17) is 5.73 Å². The van der Waals surface area contributed by atoms with Crippen LogP contribution in [0.4, 0.5) is 0 Å². The number of hydrogen-bond acceptors (Lipinski definition) is 3. The molecule has 0 aromatic carbocycles. The molecule has 1 amide bonds. The van der Waals surface area contributed by atoms with E-state index in [2.05, 4.69) is 24.3 Å². The first-order valence-electron chi connectivity index (χ1n) is 6.66. The molecule has 0 bridgehead atoms. The van der Waals surface area contributed by atoms with Gasteiger partial charge in [-0.05, 0) is 32.9 Å². The summed E-state index contributed by atoms with van der Waals surface area (Å²) in [5.74, 6) is 0.190. The maximum Gasteiger partial charge on any atom is 0.237 e. The normalized spacial score (nSPS) is 27.2. The minimum atomic E-state index is -0.389. The van der Waals surface area contributed by atoms with Crippen molar-refractivity contribution in [3.8, 4) is 0 Å². The van der Waals surface area contributed by atoms with Crippen molar-refractivity contribution in [1.82, 2.24) is 10.2 Å². The molecule has 0 spiro atoms. The van der Waals surface area contributed by atoms with Crippen molar-refractivity contribution < 1.29 is 4.79 Å². The molecular weight excluding hydrogens is 214 g/mol. The molecule has 17 heavy (non-hydrogen) atoms. The smallest absolute Gasteiger partial charge is 0.237 e. The summed E-state index contributed by atoms with van der Waals surface area (Å²) in [4.78, 5) is 14.2. The molecule has 3 atom stereocenters. The molecule has 1 saturated carbocycles. The molecular formula is C13H27N3O. The van der Waals surface area contributed by atoms with E-state index in [0.717, 1.165) is 12.8 Å². The van der Waals surface area contributed by atoms with Crippen molar-refractivity contribution >= 4 is 5.91 Å². The Kier molecular flexibility index (Phi) is 5.40. The lowest BCUT2D eigenvalue weighted by atomic mass is 9.89. The summed E-state index contributed by atoms with van der Waals surface area (Å²) < 4.78 is 0. The van der Waals surface area contributed by atoms with Crippen LogP contribution in [0.2, 0.25) is 0 Å². The van der Waals surface area contributed by atoms with Crippen molar-refractivity contribution in [1.29, 1.82) is 0 Å². The third-order valence-electron chi connectivity index (χ3n) is 3.74. The van der Waals surface area contributed by atoms with Gasteiger partial charge in [0, 0.05) is 12.1 Å². The number of carbonyl (C=O) groups excluding carboxylic acids is 1. The van der Waals surface area contributed by atoms with Crippen LogP contribution >= 0.6 is 0 Å². The summed E-state index contributed by atoms with van der Waals surface area (Å²) >= 11 is 0. The summed E-state index contributed by atoms with van der Waals surface area (Å²) in [6.45, 7) is 3.96. The van der Waals surface area contributed by atoms with Crippen molar-refractivity contribution in [2.24, 2.45) is 11.7 Å². The first-order valence-corrected chi connectivity index (χ1v) is 6.66. The Balaban J connectivity index is 2.56. The van der Waals surface area contributed by atoms with Gasteiger partial charge in [0.25, 0.3) is 0 Å². The van der Waals surface area contributed by atoms with Crippen LogP contribution in [0.3, 0.4) is 0 Å². The van der Waals surface area contributed by atoms with Crippen LogP contribution in [0, 0.1) is 5.92 Å². The van der Waals surface area contributed by atoms with Crippen molar-refractivity contribution in [2.45, 2.75) is 57.7 Å². The molecule has 0 radical (unpaired) electrons. The third-order valence-corrected chi connectivity index (χ3v) is 3.74. The lowest BCUT2D eigenvalue weighted by Gasteiger charge is -2.37. The monoisotopic (exact) mass is 241 g/mol. The van der Waals surface area contributed by atoms with Crippen molar-refractivity contribution in [3.63, 3.8) is 0 Å². The average molecular weight is 241 g/mol. The molecule has 1 aliphatic rings. The molecule has 3 N–H and O–H groups in total. The second-order valence-corrected chi connectivity index (χ2v) is 5.70. The molecule has 0 aromatic heterocycles. The number of nitrogens with one attached hydrogen (secondary N) is 1. The number of hydrogen-bond donors (Lipinski definition) is 2. The maximum atomic E-state index is 12.0. The van der Waals surface area contributed by atoms with Gasteiger partial charge < -0.3 is 16.0 Å². The number of amides is 1. The quantitative estimate of drug-likeness (QED) is 0.771. The minimum absolute atomic E-state index is 0.00116. The number of carbonyl (C=O) groups is 1. The molecule has 4 heteroatoms. The predicted molar refractivity (Wildman–Crippen MR) is 70.7 cm³/mol. The molecule has 0 saturated heterocycles. The van der Waals surface area contributed by atoms with Gasteiger partial charge in [0.1, 0.15) is 0 Å². The van der Waals surface area contributed by atoms with Crippen LogP contribution < -0.4 is 11.1 Å². The van der Waals surface area contributed by atoms with E-state index in [0.29, 0.717) is 6.04 Å². The highest BCUT2D eigenvalue weighted by atomic mass is 16.2. The summed E-state index contributed by atoms with van der Waals surface area (Å²) in [7, 11) is 4.16. The summed E-state index contributed by atoms with van der Waals surface area (Å²) in [6, 6.07) is 0.322. The van der Waals surface area contributed by atoms with Gasteiger partial charge in [0.05, 0.1) is 6.04 Å². The van der Waals surface area contributed by atoms with Crippen LogP contribution in [-0.4, -0.2) is 43.0 Å². The standard InChI is InChI=1S/C13H27N3O/c1-9(2)12(14)13(17)15-10-7-5-6-8-11(10)16(3)4/h9-12H,5-8,14H2,1-4H3,(H,15,17)/t10-,11+,12-/m0/s1. The van der Waals surface area contributed by atoms with Gasteiger partial charge in [-0.15, -0.1) is 0 Å². The van der Waals surface area contributed by atoms with Gasteiger partial charge in [-0.3, -0.25) is 4.79 Å². The van der Waals surface area contributed by atoms with Crippen LogP contribution in [0.15, 0.2) is 0 Å². The zero-order chi connectivity index (χ0) is 13.0. The Labute approximate surface area is 105 Å². The Morgan fingerprint density at radius 2 is 1.88 bits per heavy atom. The van der Waals surface area contributed by atoms with E-state index in [1.54, 1.807) is 0 Å². The molecule has 0 heterocycles. The fraction of sp³-hybridized carbons (Fsp3) is 0.923. The molecule has 1 aliphatic carbocycles. The van der Waals surface area contributed by atoms with Gasteiger partial charge >= 0.3 is 0 Å². The van der Waals surface area contributed by atoms with Gasteiger partial charge in [0.2, 0.25) is 5.91 Å². The van der Waals surface area contributed by atoms with Gasteiger partial charge in [-0.25, -0.2) is 0 Å². The van der Waals surface area contributed by atoms with Crippen molar-refractivity contribution in [3.05, 3.63) is 0 Å². The Hall–Kier alpha value is -0.610. The summed E-state index contributed by atoms with van der Waals surface area (Å²) in [5, 5.41) is 3.13. The van der Waals surface area contributed by atoms with Crippen LogP contribution in [0.5, 0.6) is 0 Å². The lowest BCUT2D eigenvalue weighted by Crippen LogP contribution is -2.55. The lowest BCUT2D eigenvalue weighted by molar-refractivity contribution is -0.124. The molecule has 100 valence electrons. The van der Waals surface area contributed by atoms with Gasteiger partial charge in [-0.1, -0.05) is 26.7 Å². The van der Waals surface area contributed by atoms with Crippen molar-refractivity contribution in [2.75, 3.05) is 14.1 Å². The summed E-state index contributed by atoms with van der Waals surface area (Å²) in [5.41, 5.74) is 5.87. The zero-order valence-corrected chi connectivity index (χ0v) is 11.6. The molecule has 0 aromatic rings. The highest BCUT2D eigenvalue weighted by molar-refractivity contribution is 5.82. The van der Waals surface area contributed by atoms with Crippen LogP contribution in [0.25, 0.3) is 0 Å². The topological polar surface area (TPSA) is 58.4 Å². The number of likely N-dealkylation sites (N-methyl/N-ethyl adjacent to an activating group) is 1. The third kappa shape index (κ3) is 3.96. The maximum absolute atomic E-state index is 12.0. The predicted octanol–water partition coefficient (Wildman–Crippen LogP) is 0.959. The number of rotatable bonds is 4. The Bertz CT molecular complexity index is 253.